The van der Waals surface area contributed by atoms with Crippen LogP contribution < -0.4 is 10.5 Å². The summed E-state index contributed by atoms with van der Waals surface area (Å²) < 4.78 is 26.8. The molecule has 1 aromatic rings. The monoisotopic (exact) mass is 306 g/mol. The molecule has 0 saturated heterocycles. The Kier molecular flexibility index (Phi) is 5.71. The number of hydrogen-bond donors (Lipinski definition) is 2. The molecule has 0 aliphatic heterocycles. The van der Waals surface area contributed by atoms with E-state index in [9.17, 15) is 8.42 Å². The van der Waals surface area contributed by atoms with Crippen LogP contribution in [0, 0.1) is 0 Å². The van der Waals surface area contributed by atoms with Crippen molar-refractivity contribution >= 4 is 38.6 Å². The summed E-state index contributed by atoms with van der Waals surface area (Å²) >= 11 is 6.41. The number of thiophene rings is 1. The third kappa shape index (κ3) is 4.31. The molecule has 102 valence electrons. The van der Waals surface area contributed by atoms with Gasteiger partial charge in [0.25, 0.3) is 0 Å². The quantitative estimate of drug-likeness (QED) is 0.752. The maximum atomic E-state index is 12.1. The van der Waals surface area contributed by atoms with E-state index in [4.69, 9.17) is 18.0 Å². The Hall–Kier alpha value is -0.500. The average Bonchev–Trinajstić information content (AvgIpc) is 2.68. The predicted molar refractivity (Wildman–Crippen MR) is 80.4 cm³/mol. The Morgan fingerprint density at radius 2 is 2.28 bits per heavy atom. The summed E-state index contributed by atoms with van der Waals surface area (Å²) in [6.07, 6.45) is 1.06. The molecule has 4 nitrogen and oxygen atoms in total. The number of thiocarbonyl (C=S) groups is 1. The number of rotatable bonds is 7. The SMILES string of the molecule is CCC(C(N)=S)S(=O)(=O)NC(C)Cc1cccs1. The Morgan fingerprint density at radius 3 is 2.72 bits per heavy atom. The van der Waals surface area contributed by atoms with Crippen LogP contribution in [0.15, 0.2) is 17.5 Å². The van der Waals surface area contributed by atoms with Crippen molar-refractivity contribution in [3.05, 3.63) is 22.4 Å². The van der Waals surface area contributed by atoms with Crippen molar-refractivity contribution < 1.29 is 8.42 Å². The van der Waals surface area contributed by atoms with Gasteiger partial charge in [-0.3, -0.25) is 0 Å². The molecule has 0 amide bonds. The molecular weight excluding hydrogens is 288 g/mol. The lowest BCUT2D eigenvalue weighted by Gasteiger charge is -2.19. The van der Waals surface area contributed by atoms with Crippen molar-refractivity contribution in [2.24, 2.45) is 5.73 Å². The first-order valence-corrected chi connectivity index (χ1v) is 8.53. The maximum absolute atomic E-state index is 12.1. The second kappa shape index (κ2) is 6.60. The molecule has 0 aliphatic rings. The van der Waals surface area contributed by atoms with Gasteiger partial charge in [0.05, 0.1) is 4.99 Å². The highest BCUT2D eigenvalue weighted by molar-refractivity contribution is 7.93. The minimum Gasteiger partial charge on any atom is -0.392 e. The lowest BCUT2D eigenvalue weighted by atomic mass is 10.2. The molecule has 0 aromatic carbocycles. The van der Waals surface area contributed by atoms with Crippen LogP contribution in [0.5, 0.6) is 0 Å². The number of nitrogens with two attached hydrogens (primary N) is 1. The molecule has 0 radical (unpaired) electrons. The summed E-state index contributed by atoms with van der Waals surface area (Å²) in [7, 11) is -3.49. The van der Waals surface area contributed by atoms with Crippen molar-refractivity contribution in [3.63, 3.8) is 0 Å². The molecule has 0 aliphatic carbocycles. The summed E-state index contributed by atoms with van der Waals surface area (Å²) in [4.78, 5) is 1.17. The molecule has 0 fully saturated rings. The van der Waals surface area contributed by atoms with Crippen LogP contribution in [0.2, 0.25) is 0 Å². The Labute approximate surface area is 118 Å². The molecule has 0 saturated carbocycles. The van der Waals surface area contributed by atoms with E-state index in [1.165, 1.54) is 0 Å². The highest BCUT2D eigenvalue weighted by Gasteiger charge is 2.27. The highest BCUT2D eigenvalue weighted by atomic mass is 32.2. The van der Waals surface area contributed by atoms with Gasteiger partial charge in [0.1, 0.15) is 5.25 Å². The molecule has 1 heterocycles. The average molecular weight is 306 g/mol. The summed E-state index contributed by atoms with van der Waals surface area (Å²) in [6.45, 7) is 3.59. The fourth-order valence-electron chi connectivity index (χ4n) is 1.71. The molecule has 1 aromatic heterocycles. The lowest BCUT2D eigenvalue weighted by molar-refractivity contribution is 0.554. The second-order valence-electron chi connectivity index (χ2n) is 4.15. The maximum Gasteiger partial charge on any atom is 0.221 e. The standard InChI is InChI=1S/C11H18N2O2S3/c1-3-10(11(12)16)18(14,15)13-8(2)7-9-5-4-6-17-9/h4-6,8,10,13H,3,7H2,1-2H3,(H2,12,16). The van der Waals surface area contributed by atoms with Crippen LogP contribution in [-0.4, -0.2) is 24.7 Å². The summed E-state index contributed by atoms with van der Waals surface area (Å²) in [6, 6.07) is 3.77. The molecular formula is C11H18N2O2S3. The van der Waals surface area contributed by atoms with Gasteiger partial charge < -0.3 is 5.73 Å². The van der Waals surface area contributed by atoms with E-state index in [0.29, 0.717) is 12.8 Å². The van der Waals surface area contributed by atoms with E-state index in [2.05, 4.69) is 4.72 Å². The number of sulfonamides is 1. The predicted octanol–water partition coefficient (Wildman–Crippen LogP) is 1.66. The molecule has 3 N–H and O–H groups in total. The van der Waals surface area contributed by atoms with Gasteiger partial charge in [-0.15, -0.1) is 11.3 Å². The van der Waals surface area contributed by atoms with Crippen LogP contribution in [0.4, 0.5) is 0 Å². The van der Waals surface area contributed by atoms with E-state index < -0.39 is 15.3 Å². The van der Waals surface area contributed by atoms with Gasteiger partial charge in [0.2, 0.25) is 10.0 Å². The minimum absolute atomic E-state index is 0.0216. The van der Waals surface area contributed by atoms with Gasteiger partial charge in [-0.25, -0.2) is 13.1 Å². The van der Waals surface area contributed by atoms with Crippen LogP contribution in [0.1, 0.15) is 25.1 Å². The zero-order chi connectivity index (χ0) is 13.8. The first-order valence-electron chi connectivity index (χ1n) is 5.69. The van der Waals surface area contributed by atoms with Gasteiger partial charge in [0, 0.05) is 10.9 Å². The Balaban J connectivity index is 2.67. The molecule has 0 spiro atoms. The zero-order valence-corrected chi connectivity index (χ0v) is 12.9. The molecule has 2 unspecified atom stereocenters. The topological polar surface area (TPSA) is 72.2 Å². The van der Waals surface area contributed by atoms with E-state index in [1.54, 1.807) is 18.3 Å². The van der Waals surface area contributed by atoms with Crippen LogP contribution >= 0.6 is 23.6 Å². The summed E-state index contributed by atoms with van der Waals surface area (Å²) in [5, 5.41) is 1.18. The van der Waals surface area contributed by atoms with Gasteiger partial charge in [-0.1, -0.05) is 25.2 Å². The smallest absolute Gasteiger partial charge is 0.221 e. The molecule has 18 heavy (non-hydrogen) atoms. The summed E-state index contributed by atoms with van der Waals surface area (Å²) in [5.41, 5.74) is 5.46. The van der Waals surface area contributed by atoms with Crippen molar-refractivity contribution in [2.45, 2.75) is 38.0 Å². The molecule has 7 heteroatoms. The van der Waals surface area contributed by atoms with Crippen LogP contribution in [-0.2, 0) is 16.4 Å². The second-order valence-corrected chi connectivity index (χ2v) is 7.55. The molecule has 0 bridgehead atoms. The minimum atomic E-state index is -3.49. The van der Waals surface area contributed by atoms with Gasteiger partial charge in [0.15, 0.2) is 0 Å². The number of nitrogens with one attached hydrogen (secondary N) is 1. The van der Waals surface area contributed by atoms with E-state index in [0.717, 1.165) is 4.88 Å². The van der Waals surface area contributed by atoms with E-state index in [1.807, 2.05) is 24.4 Å². The number of hydrogen-bond acceptors (Lipinski definition) is 4. The third-order valence-corrected chi connectivity index (χ3v) is 5.92. The fourth-order valence-corrected chi connectivity index (χ4v) is 4.64. The normalized spacial score (nSPS) is 15.2. The van der Waals surface area contributed by atoms with Crippen molar-refractivity contribution in [2.75, 3.05) is 0 Å². The highest BCUT2D eigenvalue weighted by Crippen LogP contribution is 2.13. The van der Waals surface area contributed by atoms with Crippen LogP contribution in [0.25, 0.3) is 0 Å². The van der Waals surface area contributed by atoms with Gasteiger partial charge in [-0.05, 0) is 31.2 Å². The zero-order valence-electron chi connectivity index (χ0n) is 10.4. The largest absolute Gasteiger partial charge is 0.392 e. The van der Waals surface area contributed by atoms with Crippen LogP contribution in [0.3, 0.4) is 0 Å². The van der Waals surface area contributed by atoms with Crippen molar-refractivity contribution in [1.82, 2.24) is 4.72 Å². The third-order valence-electron chi connectivity index (χ3n) is 2.52. The Bertz CT molecular complexity index is 482. The van der Waals surface area contributed by atoms with E-state index in [-0.39, 0.29) is 11.0 Å². The van der Waals surface area contributed by atoms with Gasteiger partial charge in [-0.2, -0.15) is 0 Å². The Morgan fingerprint density at radius 1 is 1.61 bits per heavy atom. The summed E-state index contributed by atoms with van der Waals surface area (Å²) in [5.74, 6) is 0. The van der Waals surface area contributed by atoms with E-state index >= 15 is 0 Å². The lowest BCUT2D eigenvalue weighted by Crippen LogP contribution is -2.45. The van der Waals surface area contributed by atoms with Gasteiger partial charge >= 0.3 is 0 Å². The fraction of sp³-hybridized carbons (Fsp3) is 0.545. The molecule has 2 atom stereocenters. The first-order chi connectivity index (χ1) is 8.36. The molecule has 1 rings (SSSR count). The van der Waals surface area contributed by atoms with Crippen molar-refractivity contribution in [3.8, 4) is 0 Å². The first kappa shape index (κ1) is 15.6. The van der Waals surface area contributed by atoms with Crippen molar-refractivity contribution in [1.29, 1.82) is 0 Å².